The van der Waals surface area contributed by atoms with E-state index in [4.69, 9.17) is 14.2 Å². The van der Waals surface area contributed by atoms with Crippen LogP contribution in [0.3, 0.4) is 0 Å². The highest BCUT2D eigenvalue weighted by atomic mass is 16.5. The summed E-state index contributed by atoms with van der Waals surface area (Å²) in [6, 6.07) is 14.9. The van der Waals surface area contributed by atoms with Crippen LogP contribution >= 0.6 is 0 Å². The van der Waals surface area contributed by atoms with Crippen molar-refractivity contribution in [2.45, 2.75) is 13.8 Å². The third-order valence-corrected chi connectivity index (χ3v) is 3.40. The van der Waals surface area contributed by atoms with Crippen LogP contribution in [-0.4, -0.2) is 32.3 Å². The molecule has 0 aliphatic heterocycles. The zero-order valence-corrected chi connectivity index (χ0v) is 15.1. The van der Waals surface area contributed by atoms with Crippen LogP contribution in [0.1, 0.15) is 12.5 Å². The van der Waals surface area contributed by atoms with E-state index in [-0.39, 0.29) is 25.7 Å². The maximum Gasteiger partial charge on any atom is 0.258 e. The summed E-state index contributed by atoms with van der Waals surface area (Å²) in [5.74, 6) is 7.68. The van der Waals surface area contributed by atoms with Crippen molar-refractivity contribution in [3.05, 3.63) is 54.1 Å². The summed E-state index contributed by atoms with van der Waals surface area (Å²) in [7, 11) is 0. The molecule has 0 unspecified atom stereocenters. The van der Waals surface area contributed by atoms with Crippen molar-refractivity contribution in [3.8, 4) is 29.1 Å². The number of benzene rings is 2. The van der Waals surface area contributed by atoms with Gasteiger partial charge in [-0.1, -0.05) is 30.0 Å². The molecule has 0 heterocycles. The van der Waals surface area contributed by atoms with E-state index in [9.17, 15) is 4.79 Å². The topological polar surface area (TPSA) is 56.8 Å². The molecular weight excluding hydrogens is 330 g/mol. The number of carbonyl (C=O) groups is 1. The molecule has 1 amide bonds. The van der Waals surface area contributed by atoms with Crippen molar-refractivity contribution >= 4 is 5.91 Å². The minimum absolute atomic E-state index is 0.0601. The number of ether oxygens (including phenoxy) is 3. The molecule has 26 heavy (non-hydrogen) atoms. The van der Waals surface area contributed by atoms with Gasteiger partial charge in [0.25, 0.3) is 5.91 Å². The Kier molecular flexibility index (Phi) is 7.88. The Morgan fingerprint density at radius 1 is 0.962 bits per heavy atom. The van der Waals surface area contributed by atoms with Gasteiger partial charge < -0.3 is 19.5 Å². The Balaban J connectivity index is 1.62. The van der Waals surface area contributed by atoms with Crippen molar-refractivity contribution in [3.63, 3.8) is 0 Å². The van der Waals surface area contributed by atoms with Gasteiger partial charge in [0.15, 0.2) is 6.61 Å². The Bertz CT molecular complexity index is 760. The summed E-state index contributed by atoms with van der Waals surface area (Å²) >= 11 is 0. The summed E-state index contributed by atoms with van der Waals surface area (Å²) in [6.45, 7) is 4.99. The zero-order chi connectivity index (χ0) is 18.6. The summed E-state index contributed by atoms with van der Waals surface area (Å²) < 4.78 is 16.3. The van der Waals surface area contributed by atoms with Gasteiger partial charge in [0.1, 0.15) is 23.9 Å². The molecule has 2 rings (SSSR count). The monoisotopic (exact) mass is 353 g/mol. The van der Waals surface area contributed by atoms with E-state index in [2.05, 4.69) is 17.2 Å². The van der Waals surface area contributed by atoms with Crippen molar-refractivity contribution < 1.29 is 19.0 Å². The second-order valence-corrected chi connectivity index (χ2v) is 5.38. The fourth-order valence-electron chi connectivity index (χ4n) is 2.09. The summed E-state index contributed by atoms with van der Waals surface area (Å²) in [4.78, 5) is 11.7. The van der Waals surface area contributed by atoms with Crippen LogP contribution in [-0.2, 0) is 4.79 Å². The molecule has 0 saturated carbocycles. The smallest absolute Gasteiger partial charge is 0.258 e. The number of nitrogens with one attached hydrogen (secondary N) is 1. The van der Waals surface area contributed by atoms with Gasteiger partial charge in [-0.15, -0.1) is 0 Å². The first-order chi connectivity index (χ1) is 12.7. The lowest BCUT2D eigenvalue weighted by Gasteiger charge is -2.07. The van der Waals surface area contributed by atoms with Crippen molar-refractivity contribution in [2.24, 2.45) is 0 Å². The molecule has 0 aliphatic rings. The molecule has 136 valence electrons. The predicted molar refractivity (Wildman–Crippen MR) is 101 cm³/mol. The number of hydrogen-bond acceptors (Lipinski definition) is 4. The number of aryl methyl sites for hydroxylation is 1. The summed E-state index contributed by atoms with van der Waals surface area (Å²) in [6.07, 6.45) is 0. The van der Waals surface area contributed by atoms with E-state index in [0.717, 1.165) is 17.1 Å². The first kappa shape index (κ1) is 19.2. The molecule has 0 atom stereocenters. The normalized spacial score (nSPS) is 9.62. The lowest BCUT2D eigenvalue weighted by atomic mass is 10.2. The maximum absolute atomic E-state index is 11.7. The molecule has 0 aliphatic carbocycles. The standard InChI is InChI=1S/C21H23NO4/c1-3-24-18-10-12-19(13-11-18)26-16-21(23)22-14-6-7-15-25-20-9-5-4-8-17(20)2/h4-5,8-13H,3,14-16H2,1-2H3,(H,22,23). The van der Waals surface area contributed by atoms with Crippen LogP contribution in [0.15, 0.2) is 48.5 Å². The van der Waals surface area contributed by atoms with Crippen LogP contribution in [0.2, 0.25) is 0 Å². The number of rotatable bonds is 8. The van der Waals surface area contributed by atoms with Crippen molar-refractivity contribution in [2.75, 3.05) is 26.4 Å². The second kappa shape index (κ2) is 10.7. The molecule has 1 N–H and O–H groups in total. The average Bonchev–Trinajstić information content (AvgIpc) is 2.65. The summed E-state index contributed by atoms with van der Waals surface area (Å²) in [5, 5.41) is 2.68. The van der Waals surface area contributed by atoms with Gasteiger partial charge in [0.2, 0.25) is 0 Å². The Labute approximate surface area is 154 Å². The molecule has 0 bridgehead atoms. The van der Waals surface area contributed by atoms with Gasteiger partial charge in [-0.25, -0.2) is 0 Å². The lowest BCUT2D eigenvalue weighted by molar-refractivity contribution is -0.122. The van der Waals surface area contributed by atoms with Gasteiger partial charge in [-0.05, 0) is 49.7 Å². The van der Waals surface area contributed by atoms with Crippen LogP contribution in [0.4, 0.5) is 0 Å². The van der Waals surface area contributed by atoms with Gasteiger partial charge >= 0.3 is 0 Å². The SMILES string of the molecule is CCOc1ccc(OCC(=O)NCC#CCOc2ccccc2C)cc1. The highest BCUT2D eigenvalue weighted by Gasteiger charge is 2.02. The number of para-hydroxylation sites is 1. The molecule has 2 aromatic carbocycles. The molecule has 0 fully saturated rings. The Morgan fingerprint density at radius 3 is 2.35 bits per heavy atom. The predicted octanol–water partition coefficient (Wildman–Crippen LogP) is 2.97. The third kappa shape index (κ3) is 6.78. The van der Waals surface area contributed by atoms with E-state index in [1.54, 1.807) is 24.3 Å². The van der Waals surface area contributed by atoms with E-state index in [0.29, 0.717) is 12.4 Å². The maximum atomic E-state index is 11.7. The number of hydrogen-bond donors (Lipinski definition) is 1. The number of amides is 1. The van der Waals surface area contributed by atoms with E-state index in [1.807, 2.05) is 38.1 Å². The zero-order valence-electron chi connectivity index (χ0n) is 15.1. The third-order valence-electron chi connectivity index (χ3n) is 3.40. The molecular formula is C21H23NO4. The fourth-order valence-corrected chi connectivity index (χ4v) is 2.09. The van der Waals surface area contributed by atoms with Gasteiger partial charge in [-0.2, -0.15) is 0 Å². The lowest BCUT2D eigenvalue weighted by Crippen LogP contribution is -2.29. The first-order valence-corrected chi connectivity index (χ1v) is 8.45. The van der Waals surface area contributed by atoms with E-state index >= 15 is 0 Å². The average molecular weight is 353 g/mol. The summed E-state index contributed by atoms with van der Waals surface area (Å²) in [5.41, 5.74) is 1.06. The van der Waals surface area contributed by atoms with Gasteiger partial charge in [0, 0.05) is 0 Å². The van der Waals surface area contributed by atoms with Crippen LogP contribution in [0, 0.1) is 18.8 Å². The van der Waals surface area contributed by atoms with Gasteiger partial charge in [-0.3, -0.25) is 4.79 Å². The number of carbonyl (C=O) groups excluding carboxylic acids is 1. The largest absolute Gasteiger partial charge is 0.494 e. The van der Waals surface area contributed by atoms with E-state index < -0.39 is 0 Å². The highest BCUT2D eigenvalue weighted by molar-refractivity contribution is 5.77. The molecule has 0 radical (unpaired) electrons. The molecule has 0 saturated heterocycles. The van der Waals surface area contributed by atoms with Crippen LogP contribution in [0.25, 0.3) is 0 Å². The fraction of sp³-hybridized carbons (Fsp3) is 0.286. The Hall–Kier alpha value is -3.13. The first-order valence-electron chi connectivity index (χ1n) is 8.45. The second-order valence-electron chi connectivity index (χ2n) is 5.38. The molecule has 0 spiro atoms. The molecule has 5 heteroatoms. The van der Waals surface area contributed by atoms with Gasteiger partial charge in [0.05, 0.1) is 13.2 Å². The van der Waals surface area contributed by atoms with Crippen molar-refractivity contribution in [1.29, 1.82) is 0 Å². The molecule has 0 aromatic heterocycles. The molecule has 2 aromatic rings. The van der Waals surface area contributed by atoms with Crippen LogP contribution < -0.4 is 19.5 Å². The minimum Gasteiger partial charge on any atom is -0.494 e. The molecule has 5 nitrogen and oxygen atoms in total. The van der Waals surface area contributed by atoms with Crippen molar-refractivity contribution in [1.82, 2.24) is 5.32 Å². The minimum atomic E-state index is -0.229. The highest BCUT2D eigenvalue weighted by Crippen LogP contribution is 2.17. The Morgan fingerprint density at radius 2 is 1.65 bits per heavy atom. The van der Waals surface area contributed by atoms with E-state index in [1.165, 1.54) is 0 Å². The van der Waals surface area contributed by atoms with Crippen LogP contribution in [0.5, 0.6) is 17.2 Å². The quantitative estimate of drug-likeness (QED) is 0.742.